The lowest BCUT2D eigenvalue weighted by atomic mass is 10.3. The number of hydrogen-bond acceptors (Lipinski definition) is 2. The first kappa shape index (κ1) is 10.5. The second-order valence-corrected chi connectivity index (χ2v) is 2.81. The molecule has 1 rings (SSSR count). The number of anilines is 1. The first-order chi connectivity index (χ1) is 6.65. The molecular formula is C10H12F2N2. The van der Waals surface area contributed by atoms with Crippen molar-refractivity contribution in [2.45, 2.75) is 0 Å². The number of halogens is 2. The molecule has 0 aliphatic rings. The average molecular weight is 198 g/mol. The normalized spacial score (nSPS) is 10.6. The molecule has 0 spiro atoms. The average Bonchev–Trinajstić information content (AvgIpc) is 2.14. The van der Waals surface area contributed by atoms with Crippen LogP contribution in [0.2, 0.25) is 0 Å². The summed E-state index contributed by atoms with van der Waals surface area (Å²) in [5, 5.41) is 2.78. The minimum atomic E-state index is -0.576. The van der Waals surface area contributed by atoms with Crippen LogP contribution in [-0.4, -0.2) is 14.1 Å². The molecule has 1 aromatic rings. The Hall–Kier alpha value is -1.58. The van der Waals surface area contributed by atoms with E-state index in [2.05, 4.69) is 5.32 Å². The van der Waals surface area contributed by atoms with Gasteiger partial charge < -0.3 is 10.2 Å². The van der Waals surface area contributed by atoms with Gasteiger partial charge in [0.2, 0.25) is 0 Å². The Morgan fingerprint density at radius 2 is 2.07 bits per heavy atom. The molecule has 14 heavy (non-hydrogen) atoms. The van der Waals surface area contributed by atoms with Crippen LogP contribution in [0, 0.1) is 11.6 Å². The van der Waals surface area contributed by atoms with Gasteiger partial charge >= 0.3 is 0 Å². The maximum Gasteiger partial charge on any atom is 0.149 e. The van der Waals surface area contributed by atoms with E-state index in [1.807, 2.05) is 0 Å². The van der Waals surface area contributed by atoms with E-state index in [4.69, 9.17) is 0 Å². The van der Waals surface area contributed by atoms with Crippen LogP contribution in [0.1, 0.15) is 0 Å². The summed E-state index contributed by atoms with van der Waals surface area (Å²) < 4.78 is 25.8. The van der Waals surface area contributed by atoms with E-state index in [9.17, 15) is 8.78 Å². The number of benzene rings is 1. The van der Waals surface area contributed by atoms with Crippen LogP contribution in [0.25, 0.3) is 0 Å². The van der Waals surface area contributed by atoms with Crippen molar-refractivity contribution in [1.29, 1.82) is 0 Å². The monoisotopic (exact) mass is 198 g/mol. The predicted molar refractivity (Wildman–Crippen MR) is 53.0 cm³/mol. The Morgan fingerprint density at radius 3 is 2.64 bits per heavy atom. The third-order valence-corrected chi connectivity index (χ3v) is 1.75. The number of hydrogen-bond donors (Lipinski definition) is 1. The molecule has 1 aromatic carbocycles. The zero-order valence-electron chi connectivity index (χ0n) is 8.09. The summed E-state index contributed by atoms with van der Waals surface area (Å²) in [6.45, 7) is 0. The fourth-order valence-electron chi connectivity index (χ4n) is 1.03. The maximum atomic E-state index is 13.2. The number of nitrogens with zero attached hydrogens (tertiary/aromatic N) is 1. The molecule has 0 aliphatic heterocycles. The number of nitrogens with one attached hydrogen (secondary N) is 1. The molecule has 1 N–H and O–H groups in total. The molecule has 0 saturated carbocycles. The Labute approximate surface area is 81.8 Å². The highest BCUT2D eigenvalue weighted by Gasteiger charge is 2.05. The summed E-state index contributed by atoms with van der Waals surface area (Å²) in [4.78, 5) is 1.56. The van der Waals surface area contributed by atoms with Crippen molar-refractivity contribution in [3.8, 4) is 0 Å². The molecule has 76 valence electrons. The van der Waals surface area contributed by atoms with Gasteiger partial charge in [-0.15, -0.1) is 0 Å². The van der Waals surface area contributed by atoms with Crippen molar-refractivity contribution < 1.29 is 8.78 Å². The Morgan fingerprint density at radius 1 is 1.36 bits per heavy atom. The minimum Gasteiger partial charge on any atom is -0.393 e. The topological polar surface area (TPSA) is 15.3 Å². The van der Waals surface area contributed by atoms with Crippen LogP contribution < -0.4 is 10.2 Å². The highest BCUT2D eigenvalue weighted by atomic mass is 19.1. The molecular weight excluding hydrogens is 186 g/mol. The second kappa shape index (κ2) is 4.60. The van der Waals surface area contributed by atoms with Gasteiger partial charge in [-0.05, 0) is 12.1 Å². The van der Waals surface area contributed by atoms with E-state index < -0.39 is 11.6 Å². The van der Waals surface area contributed by atoms with Crippen LogP contribution in [0.15, 0.2) is 30.6 Å². The van der Waals surface area contributed by atoms with E-state index in [1.54, 1.807) is 31.4 Å². The van der Waals surface area contributed by atoms with Gasteiger partial charge in [-0.1, -0.05) is 0 Å². The van der Waals surface area contributed by atoms with E-state index in [0.29, 0.717) is 5.69 Å². The molecule has 4 heteroatoms. The van der Waals surface area contributed by atoms with Crippen molar-refractivity contribution in [3.05, 3.63) is 42.2 Å². The van der Waals surface area contributed by atoms with Gasteiger partial charge in [-0.2, -0.15) is 0 Å². The fourth-order valence-corrected chi connectivity index (χ4v) is 1.03. The first-order valence-electron chi connectivity index (χ1n) is 4.17. The molecule has 0 unspecified atom stereocenters. The fraction of sp³-hybridized carbons (Fsp3) is 0.200. The summed E-state index contributed by atoms with van der Waals surface area (Å²) in [6.07, 6.45) is 3.30. The van der Waals surface area contributed by atoms with Crippen LogP contribution >= 0.6 is 0 Å². The number of rotatable bonds is 3. The lowest BCUT2D eigenvalue weighted by molar-refractivity contribution is 0.583. The van der Waals surface area contributed by atoms with Gasteiger partial charge in [-0.3, -0.25) is 0 Å². The first-order valence-corrected chi connectivity index (χ1v) is 4.17. The Balaban J connectivity index is 2.90. The highest BCUT2D eigenvalue weighted by Crippen LogP contribution is 2.18. The van der Waals surface area contributed by atoms with Crippen molar-refractivity contribution >= 4 is 5.69 Å². The van der Waals surface area contributed by atoms with Gasteiger partial charge in [0.15, 0.2) is 0 Å². The van der Waals surface area contributed by atoms with Crippen LogP contribution in [0.5, 0.6) is 0 Å². The van der Waals surface area contributed by atoms with E-state index in [1.165, 1.54) is 12.1 Å². The molecule has 0 saturated heterocycles. The van der Waals surface area contributed by atoms with Gasteiger partial charge in [0, 0.05) is 32.6 Å². The standard InChI is InChI=1S/C10H12F2N2/c1-13-5-6-14(2)10-4-3-8(11)7-9(10)12/h3-7,13H,1-2H3. The van der Waals surface area contributed by atoms with E-state index >= 15 is 0 Å². The van der Waals surface area contributed by atoms with Crippen LogP contribution in [-0.2, 0) is 0 Å². The molecule has 0 amide bonds. The molecule has 0 fully saturated rings. The highest BCUT2D eigenvalue weighted by molar-refractivity contribution is 5.49. The van der Waals surface area contributed by atoms with Crippen LogP contribution in [0.4, 0.5) is 14.5 Å². The zero-order valence-corrected chi connectivity index (χ0v) is 8.09. The molecule has 0 radical (unpaired) electrons. The van der Waals surface area contributed by atoms with Crippen molar-refractivity contribution in [2.75, 3.05) is 19.0 Å². The third kappa shape index (κ3) is 2.45. The second-order valence-electron chi connectivity index (χ2n) is 2.81. The smallest absolute Gasteiger partial charge is 0.149 e. The van der Waals surface area contributed by atoms with E-state index in [0.717, 1.165) is 6.07 Å². The largest absolute Gasteiger partial charge is 0.393 e. The zero-order chi connectivity index (χ0) is 10.6. The molecule has 0 heterocycles. The van der Waals surface area contributed by atoms with Gasteiger partial charge in [0.25, 0.3) is 0 Å². The van der Waals surface area contributed by atoms with Crippen LogP contribution in [0.3, 0.4) is 0 Å². The maximum absolute atomic E-state index is 13.2. The Bertz CT molecular complexity index is 337. The SMILES string of the molecule is CNC=CN(C)c1ccc(F)cc1F. The molecule has 0 aromatic heterocycles. The van der Waals surface area contributed by atoms with Gasteiger partial charge in [-0.25, -0.2) is 8.78 Å². The van der Waals surface area contributed by atoms with Gasteiger partial charge in [0.1, 0.15) is 11.6 Å². The summed E-state index contributed by atoms with van der Waals surface area (Å²) in [7, 11) is 3.43. The summed E-state index contributed by atoms with van der Waals surface area (Å²) in [6, 6.07) is 3.48. The summed E-state index contributed by atoms with van der Waals surface area (Å²) >= 11 is 0. The molecule has 2 nitrogen and oxygen atoms in total. The lowest BCUT2D eigenvalue weighted by Gasteiger charge is -2.14. The minimum absolute atomic E-state index is 0.331. The summed E-state index contributed by atoms with van der Waals surface area (Å²) in [5.74, 6) is -1.15. The molecule has 0 aliphatic carbocycles. The van der Waals surface area contributed by atoms with Crippen molar-refractivity contribution in [3.63, 3.8) is 0 Å². The third-order valence-electron chi connectivity index (χ3n) is 1.75. The predicted octanol–water partition coefficient (Wildman–Crippen LogP) is 2.09. The van der Waals surface area contributed by atoms with Crippen molar-refractivity contribution in [2.24, 2.45) is 0 Å². The lowest BCUT2D eigenvalue weighted by Crippen LogP contribution is -2.11. The van der Waals surface area contributed by atoms with Crippen molar-refractivity contribution in [1.82, 2.24) is 5.32 Å². The summed E-state index contributed by atoms with van der Waals surface area (Å²) in [5.41, 5.74) is 0.331. The van der Waals surface area contributed by atoms with E-state index in [-0.39, 0.29) is 0 Å². The van der Waals surface area contributed by atoms with Gasteiger partial charge in [0.05, 0.1) is 5.69 Å². The molecule has 0 atom stereocenters. The Kier molecular flexibility index (Phi) is 3.45. The molecule has 0 bridgehead atoms. The quantitative estimate of drug-likeness (QED) is 0.800.